The Kier molecular flexibility index (Phi) is 8.88. The van der Waals surface area contributed by atoms with Crippen molar-refractivity contribution in [3.8, 4) is 0 Å². The van der Waals surface area contributed by atoms with Crippen LogP contribution in [0.15, 0.2) is 36.5 Å². The maximum Gasteiger partial charge on any atom is 0.303 e. The van der Waals surface area contributed by atoms with Crippen molar-refractivity contribution < 1.29 is 24.2 Å². The van der Waals surface area contributed by atoms with Crippen LogP contribution in [0.3, 0.4) is 0 Å². The zero-order chi connectivity index (χ0) is 22.4. The van der Waals surface area contributed by atoms with Gasteiger partial charge in [-0.3, -0.25) is 9.59 Å². The predicted octanol–water partition coefficient (Wildman–Crippen LogP) is 4.75. The summed E-state index contributed by atoms with van der Waals surface area (Å²) in [5.74, 6) is -0.256. The zero-order valence-corrected chi connectivity index (χ0v) is 18.9. The Labute approximate surface area is 175 Å². The Balaban J connectivity index is 3.12. The highest BCUT2D eigenvalue weighted by Gasteiger charge is 2.39. The average Bonchev–Trinajstić information content (AvgIpc) is 2.59. The van der Waals surface area contributed by atoms with Crippen molar-refractivity contribution in [3.63, 3.8) is 0 Å². The monoisotopic (exact) mass is 406 g/mol. The van der Waals surface area contributed by atoms with E-state index in [1.807, 2.05) is 12.2 Å². The van der Waals surface area contributed by atoms with Crippen LogP contribution < -0.4 is 0 Å². The summed E-state index contributed by atoms with van der Waals surface area (Å²) < 4.78 is 10.6. The number of allylic oxidation sites excluding steroid dienone is 2. The van der Waals surface area contributed by atoms with Crippen molar-refractivity contribution in [2.24, 2.45) is 17.3 Å². The highest BCUT2D eigenvalue weighted by molar-refractivity contribution is 5.66. The minimum Gasteiger partial charge on any atom is -0.461 e. The largest absolute Gasteiger partial charge is 0.461 e. The smallest absolute Gasteiger partial charge is 0.303 e. The minimum absolute atomic E-state index is 0.00222. The summed E-state index contributed by atoms with van der Waals surface area (Å²) in [6.45, 7) is 18.6. The van der Waals surface area contributed by atoms with E-state index in [9.17, 15) is 14.7 Å². The van der Waals surface area contributed by atoms with Gasteiger partial charge in [0.15, 0.2) is 0 Å². The molecule has 0 saturated heterocycles. The molecule has 5 heteroatoms. The van der Waals surface area contributed by atoms with Crippen LogP contribution in [0, 0.1) is 17.3 Å². The Morgan fingerprint density at radius 3 is 2.34 bits per heavy atom. The second kappa shape index (κ2) is 10.2. The molecule has 0 bridgehead atoms. The van der Waals surface area contributed by atoms with Crippen molar-refractivity contribution in [2.45, 2.75) is 78.9 Å². The molecule has 29 heavy (non-hydrogen) atoms. The van der Waals surface area contributed by atoms with Gasteiger partial charge >= 0.3 is 11.9 Å². The van der Waals surface area contributed by atoms with Gasteiger partial charge in [0.1, 0.15) is 12.7 Å². The summed E-state index contributed by atoms with van der Waals surface area (Å²) in [4.78, 5) is 22.9. The molecule has 0 aromatic carbocycles. The topological polar surface area (TPSA) is 72.8 Å². The first-order valence-corrected chi connectivity index (χ1v) is 10.3. The summed E-state index contributed by atoms with van der Waals surface area (Å²) >= 11 is 0. The molecule has 0 aromatic heterocycles. The summed E-state index contributed by atoms with van der Waals surface area (Å²) in [6.07, 6.45) is 6.48. The van der Waals surface area contributed by atoms with E-state index in [1.54, 1.807) is 13.8 Å². The van der Waals surface area contributed by atoms with Gasteiger partial charge in [-0.25, -0.2) is 0 Å². The van der Waals surface area contributed by atoms with Crippen LogP contribution in [-0.4, -0.2) is 35.4 Å². The lowest BCUT2D eigenvalue weighted by Gasteiger charge is -2.44. The van der Waals surface area contributed by atoms with Gasteiger partial charge < -0.3 is 14.6 Å². The number of carbonyl (C=O) groups is 2. The van der Waals surface area contributed by atoms with Gasteiger partial charge in [-0.1, -0.05) is 31.2 Å². The molecule has 4 atom stereocenters. The fraction of sp³-hybridized carbons (Fsp3) is 0.667. The van der Waals surface area contributed by atoms with E-state index < -0.39 is 17.7 Å². The second-order valence-corrected chi connectivity index (χ2v) is 9.13. The van der Waals surface area contributed by atoms with Gasteiger partial charge in [0.25, 0.3) is 0 Å². The normalized spacial score (nSPS) is 26.4. The maximum atomic E-state index is 11.4. The molecule has 1 N–H and O–H groups in total. The van der Waals surface area contributed by atoms with E-state index in [0.717, 1.165) is 30.4 Å². The van der Waals surface area contributed by atoms with Crippen LogP contribution in [-0.2, 0) is 19.1 Å². The molecule has 5 nitrogen and oxygen atoms in total. The van der Waals surface area contributed by atoms with Crippen molar-refractivity contribution in [1.29, 1.82) is 0 Å². The van der Waals surface area contributed by atoms with E-state index in [2.05, 4.69) is 27.0 Å². The molecule has 1 saturated carbocycles. The van der Waals surface area contributed by atoms with Crippen LogP contribution in [0.5, 0.6) is 0 Å². The summed E-state index contributed by atoms with van der Waals surface area (Å²) in [7, 11) is 0. The Morgan fingerprint density at radius 1 is 1.28 bits per heavy atom. The highest BCUT2D eigenvalue weighted by Crippen LogP contribution is 2.49. The number of hydrogen-bond donors (Lipinski definition) is 1. The molecule has 0 aromatic rings. The molecule has 0 amide bonds. The molecule has 1 aliphatic rings. The van der Waals surface area contributed by atoms with Crippen molar-refractivity contribution in [2.75, 3.05) is 6.61 Å². The molecule has 1 aliphatic carbocycles. The summed E-state index contributed by atoms with van der Waals surface area (Å²) in [6, 6.07) is 0. The summed E-state index contributed by atoms with van der Waals surface area (Å²) in [5.41, 5.74) is 0.947. The van der Waals surface area contributed by atoms with Crippen molar-refractivity contribution in [1.82, 2.24) is 0 Å². The van der Waals surface area contributed by atoms with Gasteiger partial charge in [-0.15, -0.1) is 6.58 Å². The number of esters is 2. The number of ether oxygens (including phenoxy) is 2. The molecule has 1 fully saturated rings. The van der Waals surface area contributed by atoms with Gasteiger partial charge in [-0.05, 0) is 62.9 Å². The molecule has 0 radical (unpaired) electrons. The molecular formula is C24H38O5. The van der Waals surface area contributed by atoms with Crippen LogP contribution >= 0.6 is 0 Å². The highest BCUT2D eigenvalue weighted by atomic mass is 16.6. The quantitative estimate of drug-likeness (QED) is 0.442. The second-order valence-electron chi connectivity index (χ2n) is 9.13. The number of carbonyl (C=O) groups excluding carboxylic acids is 2. The fourth-order valence-corrected chi connectivity index (χ4v) is 4.14. The van der Waals surface area contributed by atoms with Crippen LogP contribution in [0.4, 0.5) is 0 Å². The molecular weight excluding hydrogens is 368 g/mol. The van der Waals surface area contributed by atoms with E-state index in [4.69, 9.17) is 9.47 Å². The molecule has 4 unspecified atom stereocenters. The first-order valence-electron chi connectivity index (χ1n) is 10.3. The Bertz CT molecular complexity index is 655. The number of aliphatic hydroxyl groups is 1. The number of hydrogen-bond acceptors (Lipinski definition) is 5. The lowest BCUT2D eigenvalue weighted by Crippen LogP contribution is -2.39. The molecule has 0 aliphatic heterocycles. The van der Waals surface area contributed by atoms with E-state index in [1.165, 1.54) is 13.8 Å². The lowest BCUT2D eigenvalue weighted by molar-refractivity contribution is -0.158. The standard InChI is InChI=1S/C24H38O5/c1-9-24(8)13-12-19(14-21(24)16(2)3)20(15-28-17(4)25)10-11-22(23(6,7)27)29-18(5)26/h9-10,19,21-22,27H,1-2,11-15H2,3-8H3. The van der Waals surface area contributed by atoms with Crippen molar-refractivity contribution in [3.05, 3.63) is 36.5 Å². The first-order chi connectivity index (χ1) is 13.3. The fourth-order valence-electron chi connectivity index (χ4n) is 4.14. The van der Waals surface area contributed by atoms with Gasteiger partial charge in [0, 0.05) is 20.3 Å². The predicted molar refractivity (Wildman–Crippen MR) is 115 cm³/mol. The van der Waals surface area contributed by atoms with Gasteiger partial charge in [0.2, 0.25) is 0 Å². The molecule has 0 heterocycles. The Hall–Kier alpha value is -1.88. The average molecular weight is 407 g/mol. The maximum absolute atomic E-state index is 11.4. The van der Waals surface area contributed by atoms with E-state index in [0.29, 0.717) is 6.42 Å². The Morgan fingerprint density at radius 2 is 1.90 bits per heavy atom. The molecule has 164 valence electrons. The third-order valence-electron chi connectivity index (χ3n) is 6.07. The van der Waals surface area contributed by atoms with E-state index >= 15 is 0 Å². The SMILES string of the molecule is C=CC1(C)CCC(C(=CCC(OC(C)=O)C(C)(C)O)COC(C)=O)CC1C(=C)C. The number of rotatable bonds is 9. The van der Waals surface area contributed by atoms with Gasteiger partial charge in [-0.2, -0.15) is 0 Å². The van der Waals surface area contributed by atoms with Crippen LogP contribution in [0.1, 0.15) is 67.2 Å². The zero-order valence-electron chi connectivity index (χ0n) is 18.9. The lowest BCUT2D eigenvalue weighted by atomic mass is 9.61. The van der Waals surface area contributed by atoms with Crippen LogP contribution in [0.2, 0.25) is 0 Å². The van der Waals surface area contributed by atoms with Gasteiger partial charge in [0.05, 0.1) is 5.60 Å². The third-order valence-corrected chi connectivity index (χ3v) is 6.07. The third kappa shape index (κ3) is 7.46. The van der Waals surface area contributed by atoms with Crippen molar-refractivity contribution >= 4 is 11.9 Å². The minimum atomic E-state index is -1.18. The summed E-state index contributed by atoms with van der Waals surface area (Å²) in [5, 5.41) is 10.4. The van der Waals surface area contributed by atoms with E-state index in [-0.39, 0.29) is 29.8 Å². The first kappa shape index (κ1) is 25.2. The van der Waals surface area contributed by atoms with Crippen LogP contribution in [0.25, 0.3) is 0 Å². The molecule has 0 spiro atoms. The molecule has 1 rings (SSSR count).